The molecule has 0 amide bonds. The first kappa shape index (κ1) is 19.9. The number of halogens is 1. The van der Waals surface area contributed by atoms with E-state index in [9.17, 15) is 9.50 Å². The van der Waals surface area contributed by atoms with E-state index in [0.717, 1.165) is 42.6 Å². The SMILES string of the molecule is C[C@]12Cc3cnn(-c4ccc(F)cc4)c3C=C1CC[C@@H]2C[C@H](O)c1csc2ccccc12. The van der Waals surface area contributed by atoms with Gasteiger partial charge in [-0.2, -0.15) is 5.10 Å². The Morgan fingerprint density at radius 1 is 1.22 bits per heavy atom. The molecule has 0 aliphatic heterocycles. The van der Waals surface area contributed by atoms with Crippen molar-refractivity contribution < 1.29 is 9.50 Å². The van der Waals surface area contributed by atoms with Crippen molar-refractivity contribution in [2.45, 2.75) is 38.7 Å². The molecule has 3 nitrogen and oxygen atoms in total. The maximum atomic E-state index is 13.4. The van der Waals surface area contributed by atoms with Gasteiger partial charge in [0.25, 0.3) is 0 Å². The average Bonchev–Trinajstić information content (AvgIpc) is 3.48. The second-order valence-corrected chi connectivity index (χ2v) is 10.3. The van der Waals surface area contributed by atoms with Gasteiger partial charge in [-0.25, -0.2) is 9.07 Å². The van der Waals surface area contributed by atoms with E-state index >= 15 is 0 Å². The van der Waals surface area contributed by atoms with Gasteiger partial charge in [-0.05, 0) is 95.3 Å². The van der Waals surface area contributed by atoms with Gasteiger partial charge >= 0.3 is 0 Å². The first-order valence-electron chi connectivity index (χ1n) is 11.2. The van der Waals surface area contributed by atoms with Crippen LogP contribution in [0.25, 0.3) is 21.8 Å². The Bertz CT molecular complexity index is 1340. The van der Waals surface area contributed by atoms with E-state index in [1.807, 2.05) is 16.9 Å². The lowest BCUT2D eigenvalue weighted by Crippen LogP contribution is -2.30. The summed E-state index contributed by atoms with van der Waals surface area (Å²) in [5.41, 5.74) is 5.75. The van der Waals surface area contributed by atoms with E-state index < -0.39 is 6.10 Å². The smallest absolute Gasteiger partial charge is 0.123 e. The fourth-order valence-electron chi connectivity index (χ4n) is 5.75. The van der Waals surface area contributed by atoms with Crippen LogP contribution < -0.4 is 0 Å². The molecule has 2 heterocycles. The number of rotatable bonds is 4. The van der Waals surface area contributed by atoms with Crippen LogP contribution in [0.5, 0.6) is 0 Å². The number of fused-ring (bicyclic) bond motifs is 3. The van der Waals surface area contributed by atoms with E-state index in [4.69, 9.17) is 0 Å². The van der Waals surface area contributed by atoms with Gasteiger partial charge in [-0.3, -0.25) is 0 Å². The van der Waals surface area contributed by atoms with Crippen molar-refractivity contribution in [3.05, 3.63) is 88.3 Å². The monoisotopic (exact) mass is 444 g/mol. The van der Waals surface area contributed by atoms with E-state index in [-0.39, 0.29) is 11.2 Å². The van der Waals surface area contributed by atoms with Crippen LogP contribution >= 0.6 is 11.3 Å². The Morgan fingerprint density at radius 2 is 2.03 bits per heavy atom. The number of benzene rings is 2. The van der Waals surface area contributed by atoms with Gasteiger partial charge in [0.2, 0.25) is 0 Å². The number of aromatic nitrogens is 2. The maximum Gasteiger partial charge on any atom is 0.123 e. The molecule has 4 aromatic rings. The Hall–Kier alpha value is -2.76. The van der Waals surface area contributed by atoms with Crippen LogP contribution in [-0.4, -0.2) is 14.9 Å². The zero-order valence-corrected chi connectivity index (χ0v) is 18.8. The molecule has 1 N–H and O–H groups in total. The highest BCUT2D eigenvalue weighted by molar-refractivity contribution is 7.17. The fourth-order valence-corrected chi connectivity index (χ4v) is 6.76. The normalized spacial score (nSPS) is 23.1. The van der Waals surface area contributed by atoms with Crippen LogP contribution in [0.4, 0.5) is 4.39 Å². The lowest BCUT2D eigenvalue weighted by atomic mass is 9.68. The van der Waals surface area contributed by atoms with Crippen molar-refractivity contribution in [1.29, 1.82) is 0 Å². The standard InChI is InChI=1S/C27H25FN2OS/c1-27-14-17-15-29-30(21-10-8-20(28)9-11-21)24(17)12-18(27)6-7-19(27)13-25(31)23-16-32-26-5-3-2-4-22(23)26/h2-5,8-12,15-16,19,25,31H,6-7,13-14H2,1H3/t19-,25+,27+/m1/s1. The Morgan fingerprint density at radius 3 is 2.88 bits per heavy atom. The minimum absolute atomic E-state index is 0.0382. The minimum Gasteiger partial charge on any atom is -0.388 e. The van der Waals surface area contributed by atoms with Crippen LogP contribution in [0.3, 0.4) is 0 Å². The first-order valence-corrected chi connectivity index (χ1v) is 12.1. The van der Waals surface area contributed by atoms with E-state index in [2.05, 4.69) is 41.7 Å². The minimum atomic E-state index is -0.448. The summed E-state index contributed by atoms with van der Waals surface area (Å²) in [6, 6.07) is 14.8. The highest BCUT2D eigenvalue weighted by atomic mass is 32.1. The zero-order chi connectivity index (χ0) is 21.9. The molecule has 2 aliphatic carbocycles. The molecule has 0 spiro atoms. The molecule has 2 aromatic heterocycles. The summed E-state index contributed by atoms with van der Waals surface area (Å²) in [5, 5.41) is 19.1. The van der Waals surface area contributed by atoms with Crippen LogP contribution in [0, 0.1) is 17.2 Å². The molecule has 1 saturated carbocycles. The third-order valence-corrected chi connectivity index (χ3v) is 8.58. The number of aliphatic hydroxyl groups excluding tert-OH is 1. The molecule has 0 bridgehead atoms. The molecule has 0 unspecified atom stereocenters. The van der Waals surface area contributed by atoms with Gasteiger partial charge in [-0.1, -0.05) is 30.7 Å². The molecule has 2 aromatic carbocycles. The third kappa shape index (κ3) is 3.06. The molecule has 2 aliphatic rings. The van der Waals surface area contributed by atoms with E-state index in [1.54, 1.807) is 23.5 Å². The lowest BCUT2D eigenvalue weighted by Gasteiger charge is -2.37. The largest absolute Gasteiger partial charge is 0.388 e. The van der Waals surface area contributed by atoms with Crippen molar-refractivity contribution in [3.63, 3.8) is 0 Å². The number of allylic oxidation sites excluding steroid dienone is 1. The summed E-state index contributed by atoms with van der Waals surface area (Å²) in [6.07, 6.45) is 7.64. The molecule has 3 atom stereocenters. The predicted molar refractivity (Wildman–Crippen MR) is 127 cm³/mol. The molecule has 32 heavy (non-hydrogen) atoms. The molecule has 1 fully saturated rings. The average molecular weight is 445 g/mol. The second kappa shape index (κ2) is 7.39. The Balaban J connectivity index is 1.29. The van der Waals surface area contributed by atoms with Crippen molar-refractivity contribution in [1.82, 2.24) is 9.78 Å². The van der Waals surface area contributed by atoms with Gasteiger partial charge in [0, 0.05) is 4.70 Å². The second-order valence-electron chi connectivity index (χ2n) is 9.38. The quantitative estimate of drug-likeness (QED) is 0.380. The molecule has 162 valence electrons. The van der Waals surface area contributed by atoms with Gasteiger partial charge in [0.1, 0.15) is 5.82 Å². The molecule has 6 rings (SSSR count). The van der Waals surface area contributed by atoms with Gasteiger partial charge in [0.15, 0.2) is 0 Å². The van der Waals surface area contributed by atoms with Crippen molar-refractivity contribution in [2.75, 3.05) is 0 Å². The number of nitrogens with zero attached hydrogens (tertiary/aromatic N) is 2. The number of hydrogen-bond acceptors (Lipinski definition) is 3. The summed E-state index contributed by atoms with van der Waals surface area (Å²) in [7, 11) is 0. The molecular weight excluding hydrogens is 419 g/mol. The predicted octanol–water partition coefficient (Wildman–Crippen LogP) is 6.71. The van der Waals surface area contributed by atoms with Crippen molar-refractivity contribution >= 4 is 27.5 Å². The van der Waals surface area contributed by atoms with Crippen LogP contribution in [0.15, 0.2) is 65.7 Å². The molecular formula is C27H25FN2OS. The fraction of sp³-hybridized carbons (Fsp3) is 0.296. The van der Waals surface area contributed by atoms with Crippen LogP contribution in [-0.2, 0) is 6.42 Å². The molecule has 0 saturated heterocycles. The Kier molecular flexibility index (Phi) is 4.60. The van der Waals surface area contributed by atoms with Crippen LogP contribution in [0.2, 0.25) is 0 Å². The summed E-state index contributed by atoms with van der Waals surface area (Å²) in [6.45, 7) is 2.35. The van der Waals surface area contributed by atoms with Crippen LogP contribution in [0.1, 0.15) is 49.1 Å². The van der Waals surface area contributed by atoms with Gasteiger partial charge in [-0.15, -0.1) is 11.3 Å². The first-order chi connectivity index (χ1) is 15.5. The highest BCUT2D eigenvalue weighted by Gasteiger charge is 2.46. The van der Waals surface area contributed by atoms with Gasteiger partial charge in [0.05, 0.1) is 23.7 Å². The third-order valence-electron chi connectivity index (χ3n) is 7.60. The van der Waals surface area contributed by atoms with Crippen molar-refractivity contribution in [3.8, 4) is 5.69 Å². The number of thiophene rings is 1. The zero-order valence-electron chi connectivity index (χ0n) is 18.0. The molecule has 5 heteroatoms. The summed E-state index contributed by atoms with van der Waals surface area (Å²) in [4.78, 5) is 0. The molecule has 0 radical (unpaired) electrons. The van der Waals surface area contributed by atoms with Crippen molar-refractivity contribution in [2.24, 2.45) is 11.3 Å². The summed E-state index contributed by atoms with van der Waals surface area (Å²) < 4.78 is 16.5. The highest BCUT2D eigenvalue weighted by Crippen LogP contribution is 2.55. The van der Waals surface area contributed by atoms with E-state index in [1.165, 1.54) is 33.4 Å². The number of hydrogen-bond donors (Lipinski definition) is 1. The lowest BCUT2D eigenvalue weighted by molar-refractivity contribution is 0.114. The van der Waals surface area contributed by atoms with E-state index in [0.29, 0.717) is 5.92 Å². The Labute approximate surface area is 190 Å². The summed E-state index contributed by atoms with van der Waals surface area (Å²) in [5.74, 6) is 0.182. The van der Waals surface area contributed by atoms with Gasteiger partial charge < -0.3 is 5.11 Å². The number of aliphatic hydroxyl groups is 1. The maximum absolute atomic E-state index is 13.4. The summed E-state index contributed by atoms with van der Waals surface area (Å²) >= 11 is 1.71. The topological polar surface area (TPSA) is 38.0 Å².